The highest BCUT2D eigenvalue weighted by molar-refractivity contribution is 6.32. The molecule has 0 spiro atoms. The van der Waals surface area contributed by atoms with Gasteiger partial charge in [-0.3, -0.25) is 0 Å². The van der Waals surface area contributed by atoms with Crippen molar-refractivity contribution in [3.05, 3.63) is 28.8 Å². The van der Waals surface area contributed by atoms with Crippen LogP contribution in [-0.2, 0) is 0 Å². The van der Waals surface area contributed by atoms with Crippen LogP contribution in [0.4, 0.5) is 26.3 Å². The Balaban J connectivity index is 3.08. The summed E-state index contributed by atoms with van der Waals surface area (Å²) in [5.74, 6) is -1.01. The van der Waals surface area contributed by atoms with Crippen molar-refractivity contribution >= 4 is 11.6 Å². The number of benzene rings is 1. The van der Waals surface area contributed by atoms with Gasteiger partial charge in [0.2, 0.25) is 0 Å². The third kappa shape index (κ3) is 3.95. The molecular weight excluding hydrogens is 290 g/mol. The van der Waals surface area contributed by atoms with Crippen molar-refractivity contribution < 1.29 is 36.2 Å². The van der Waals surface area contributed by atoms with Crippen LogP contribution < -0.4 is 4.74 Å². The van der Waals surface area contributed by atoms with Crippen LogP contribution in [0.2, 0.25) is 5.02 Å². The summed E-state index contributed by atoms with van der Waals surface area (Å²) in [5, 5.41) is 8.34. The Kier molecular flexibility index (Phi) is 4.02. The van der Waals surface area contributed by atoms with Gasteiger partial charge in [0, 0.05) is 0 Å². The van der Waals surface area contributed by atoms with Gasteiger partial charge in [0.15, 0.2) is 6.10 Å². The molecule has 0 aliphatic carbocycles. The molecule has 0 fully saturated rings. The molecule has 1 aromatic carbocycles. The second-order valence-corrected chi connectivity index (χ2v) is 3.59. The predicted molar refractivity (Wildman–Crippen MR) is 49.1 cm³/mol. The lowest BCUT2D eigenvalue weighted by atomic mass is 10.1. The topological polar surface area (TPSA) is 29.5 Å². The van der Waals surface area contributed by atoms with Crippen LogP contribution >= 0.6 is 11.6 Å². The van der Waals surface area contributed by atoms with E-state index in [1.54, 1.807) is 0 Å². The Hall–Kier alpha value is -1.15. The number of aliphatic hydroxyl groups is 1. The zero-order chi connectivity index (χ0) is 14.1. The Morgan fingerprint density at radius 3 is 2.11 bits per heavy atom. The summed E-state index contributed by atoms with van der Waals surface area (Å²) in [6.07, 6.45) is -13.0. The highest BCUT2D eigenvalue weighted by atomic mass is 35.5. The first-order valence-electron chi connectivity index (χ1n) is 4.30. The Bertz CT molecular complexity index is 428. The van der Waals surface area contributed by atoms with Crippen LogP contribution in [0.5, 0.6) is 5.75 Å². The van der Waals surface area contributed by atoms with Crippen LogP contribution in [0.1, 0.15) is 11.7 Å². The van der Waals surface area contributed by atoms with Crippen molar-refractivity contribution in [2.75, 3.05) is 0 Å². The number of hydrogen-bond donors (Lipinski definition) is 1. The van der Waals surface area contributed by atoms with E-state index in [-0.39, 0.29) is 0 Å². The lowest BCUT2D eigenvalue weighted by molar-refractivity contribution is -0.274. The van der Waals surface area contributed by atoms with Crippen LogP contribution in [-0.4, -0.2) is 17.6 Å². The molecule has 2 nitrogen and oxygen atoms in total. The molecule has 0 heterocycles. The van der Waals surface area contributed by atoms with Crippen LogP contribution in [0.15, 0.2) is 18.2 Å². The molecule has 0 aliphatic rings. The molecule has 0 bridgehead atoms. The van der Waals surface area contributed by atoms with Crippen molar-refractivity contribution in [2.45, 2.75) is 18.6 Å². The van der Waals surface area contributed by atoms with E-state index in [9.17, 15) is 26.3 Å². The third-order valence-corrected chi connectivity index (χ3v) is 2.12. The van der Waals surface area contributed by atoms with E-state index in [0.717, 1.165) is 12.1 Å². The molecule has 0 aromatic heterocycles. The molecule has 1 N–H and O–H groups in total. The maximum absolute atomic E-state index is 12.2. The van der Waals surface area contributed by atoms with Gasteiger partial charge < -0.3 is 9.84 Å². The third-order valence-electron chi connectivity index (χ3n) is 1.81. The van der Waals surface area contributed by atoms with Gasteiger partial charge in [0.25, 0.3) is 0 Å². The molecule has 9 heteroatoms. The molecule has 18 heavy (non-hydrogen) atoms. The first kappa shape index (κ1) is 14.9. The molecule has 0 amide bonds. The maximum Gasteiger partial charge on any atom is 0.573 e. The summed E-state index contributed by atoms with van der Waals surface area (Å²) in [5.41, 5.74) is -0.800. The molecule has 0 radical (unpaired) electrons. The molecule has 0 saturated heterocycles. The van der Waals surface area contributed by atoms with Gasteiger partial charge in [-0.05, 0) is 17.7 Å². The normalized spacial score (nSPS) is 14.4. The summed E-state index contributed by atoms with van der Waals surface area (Å²) in [6, 6.07) is 1.91. The highest BCUT2D eigenvalue weighted by Gasteiger charge is 2.40. The fourth-order valence-corrected chi connectivity index (χ4v) is 1.24. The van der Waals surface area contributed by atoms with Gasteiger partial charge >= 0.3 is 12.5 Å². The average Bonchev–Trinajstić information content (AvgIpc) is 2.17. The second kappa shape index (κ2) is 4.85. The minimum Gasteiger partial charge on any atom is -0.404 e. The number of hydrogen-bond acceptors (Lipinski definition) is 2. The van der Waals surface area contributed by atoms with Crippen molar-refractivity contribution in [1.82, 2.24) is 0 Å². The fraction of sp³-hybridized carbons (Fsp3) is 0.333. The summed E-state index contributed by atoms with van der Waals surface area (Å²) < 4.78 is 75.7. The molecule has 1 atom stereocenters. The quantitative estimate of drug-likeness (QED) is 0.840. The summed E-state index contributed by atoms with van der Waals surface area (Å²) in [4.78, 5) is 0. The summed E-state index contributed by atoms with van der Waals surface area (Å²) >= 11 is 5.33. The predicted octanol–water partition coefficient (Wildman–Crippen LogP) is 3.83. The number of ether oxygens (including phenoxy) is 1. The molecule has 0 aliphatic heterocycles. The molecule has 0 saturated carbocycles. The monoisotopic (exact) mass is 294 g/mol. The van der Waals surface area contributed by atoms with Gasteiger partial charge in [0.05, 0.1) is 5.02 Å². The van der Waals surface area contributed by atoms with Crippen molar-refractivity contribution in [1.29, 1.82) is 0 Å². The van der Waals surface area contributed by atoms with E-state index in [4.69, 9.17) is 16.7 Å². The smallest absolute Gasteiger partial charge is 0.404 e. The van der Waals surface area contributed by atoms with Gasteiger partial charge in [-0.2, -0.15) is 13.2 Å². The Morgan fingerprint density at radius 1 is 1.11 bits per heavy atom. The zero-order valence-corrected chi connectivity index (χ0v) is 9.07. The minimum atomic E-state index is -5.09. The molecule has 102 valence electrons. The van der Waals surface area contributed by atoms with Crippen LogP contribution in [0.25, 0.3) is 0 Å². The van der Waals surface area contributed by atoms with Gasteiger partial charge in [-0.15, -0.1) is 13.2 Å². The van der Waals surface area contributed by atoms with Crippen LogP contribution in [0.3, 0.4) is 0 Å². The lowest BCUT2D eigenvalue weighted by Crippen LogP contribution is -2.21. The van der Waals surface area contributed by atoms with Crippen molar-refractivity contribution in [3.8, 4) is 5.75 Å². The Morgan fingerprint density at radius 2 is 1.67 bits per heavy atom. The highest BCUT2D eigenvalue weighted by Crippen LogP contribution is 2.37. The largest absolute Gasteiger partial charge is 0.573 e. The average molecular weight is 295 g/mol. The van der Waals surface area contributed by atoms with Gasteiger partial charge in [0.1, 0.15) is 5.75 Å². The molecular formula is C9H5ClF6O2. The number of halogens is 7. The molecule has 1 rings (SSSR count). The Labute approximate surface area is 102 Å². The van der Waals surface area contributed by atoms with E-state index in [0.29, 0.717) is 6.07 Å². The molecule has 1 unspecified atom stereocenters. The first-order chi connectivity index (χ1) is 8.00. The van der Waals surface area contributed by atoms with Crippen LogP contribution in [0, 0.1) is 0 Å². The summed E-state index contributed by atoms with van der Waals surface area (Å²) in [7, 11) is 0. The van der Waals surface area contributed by atoms with Gasteiger partial charge in [-0.25, -0.2) is 0 Å². The van der Waals surface area contributed by atoms with E-state index >= 15 is 0 Å². The van der Waals surface area contributed by atoms with E-state index in [2.05, 4.69) is 4.74 Å². The minimum absolute atomic E-state index is 0.383. The second-order valence-electron chi connectivity index (χ2n) is 3.18. The van der Waals surface area contributed by atoms with Crippen molar-refractivity contribution in [2.24, 2.45) is 0 Å². The number of rotatable bonds is 2. The fourth-order valence-electron chi connectivity index (χ4n) is 1.08. The van der Waals surface area contributed by atoms with E-state index in [1.807, 2.05) is 0 Å². The first-order valence-corrected chi connectivity index (χ1v) is 4.68. The zero-order valence-electron chi connectivity index (χ0n) is 8.31. The van der Waals surface area contributed by atoms with E-state index < -0.39 is 35.0 Å². The van der Waals surface area contributed by atoms with E-state index in [1.165, 1.54) is 0 Å². The number of alkyl halides is 6. The maximum atomic E-state index is 12.2. The standard InChI is InChI=1S/C9H5ClF6O2/c10-5-2-1-4(7(17)8(11,12)13)3-6(5)18-9(14,15)16/h1-3,7,17H. The molecule has 1 aromatic rings. The number of aliphatic hydroxyl groups excluding tert-OH is 1. The lowest BCUT2D eigenvalue weighted by Gasteiger charge is -2.17. The van der Waals surface area contributed by atoms with Gasteiger partial charge in [-0.1, -0.05) is 17.7 Å². The summed E-state index contributed by atoms with van der Waals surface area (Å²) in [6.45, 7) is 0. The SMILES string of the molecule is OC(c1ccc(Cl)c(OC(F)(F)F)c1)C(F)(F)F. The van der Waals surface area contributed by atoms with Crippen molar-refractivity contribution in [3.63, 3.8) is 0 Å².